The van der Waals surface area contributed by atoms with Crippen molar-refractivity contribution in [3.05, 3.63) is 84.7 Å². The Morgan fingerprint density at radius 3 is 2.33 bits per heavy atom. The maximum absolute atomic E-state index is 12.5. The molecule has 0 radical (unpaired) electrons. The van der Waals surface area contributed by atoms with E-state index < -0.39 is 10.0 Å². The molecular formula is C22H20N6O3S2. The number of anilines is 1. The molecule has 0 fully saturated rings. The molecule has 2 heterocycles. The predicted octanol–water partition coefficient (Wildman–Crippen LogP) is 2.77. The number of hydrogen-bond donors (Lipinski definition) is 2. The van der Waals surface area contributed by atoms with Crippen LogP contribution in [0.5, 0.6) is 0 Å². The minimum Gasteiger partial charge on any atom is -0.325 e. The van der Waals surface area contributed by atoms with Gasteiger partial charge in [-0.05, 0) is 42.0 Å². The highest BCUT2D eigenvalue weighted by Gasteiger charge is 2.16. The SMILES string of the molecule is NS(=O)(=O)c1ccc(NC(=O)CSc2nnc(-c3ccncc3)n2Cc2ccccc2)cc1. The highest BCUT2D eigenvalue weighted by Crippen LogP contribution is 2.25. The predicted molar refractivity (Wildman–Crippen MR) is 126 cm³/mol. The van der Waals surface area contributed by atoms with Crippen molar-refractivity contribution in [1.29, 1.82) is 0 Å². The molecule has 0 spiro atoms. The molecule has 0 saturated carbocycles. The Morgan fingerprint density at radius 1 is 0.970 bits per heavy atom. The number of primary sulfonamides is 1. The van der Waals surface area contributed by atoms with E-state index in [2.05, 4.69) is 20.5 Å². The van der Waals surface area contributed by atoms with Crippen molar-refractivity contribution in [2.24, 2.45) is 5.14 Å². The van der Waals surface area contributed by atoms with E-state index in [0.717, 1.165) is 11.1 Å². The van der Waals surface area contributed by atoms with Gasteiger partial charge in [-0.2, -0.15) is 0 Å². The lowest BCUT2D eigenvalue weighted by Crippen LogP contribution is -2.15. The molecule has 2 aromatic heterocycles. The first-order chi connectivity index (χ1) is 15.9. The first kappa shape index (κ1) is 22.6. The van der Waals surface area contributed by atoms with Gasteiger partial charge in [-0.15, -0.1) is 10.2 Å². The molecule has 0 saturated heterocycles. The van der Waals surface area contributed by atoms with E-state index in [1.165, 1.54) is 36.0 Å². The van der Waals surface area contributed by atoms with E-state index in [-0.39, 0.29) is 16.6 Å². The third-order valence-electron chi connectivity index (χ3n) is 4.64. The van der Waals surface area contributed by atoms with Crippen LogP contribution in [-0.2, 0) is 21.4 Å². The standard InChI is InChI=1S/C22H20N6O3S2/c23-33(30,31)19-8-6-18(7-9-19)25-20(29)15-32-22-27-26-21(17-10-12-24-13-11-17)28(22)14-16-4-2-1-3-5-16/h1-13H,14-15H2,(H,25,29)(H2,23,30,31). The van der Waals surface area contributed by atoms with Crippen LogP contribution in [0.15, 0.2) is 89.2 Å². The van der Waals surface area contributed by atoms with Crippen molar-refractivity contribution in [3.8, 4) is 11.4 Å². The first-order valence-electron chi connectivity index (χ1n) is 9.83. The number of nitrogens with two attached hydrogens (primary N) is 1. The zero-order chi connectivity index (χ0) is 23.3. The molecule has 33 heavy (non-hydrogen) atoms. The van der Waals surface area contributed by atoms with Crippen LogP contribution in [0, 0.1) is 0 Å². The Labute approximate surface area is 195 Å². The third-order valence-corrected chi connectivity index (χ3v) is 6.53. The lowest BCUT2D eigenvalue weighted by Gasteiger charge is -2.11. The average molecular weight is 481 g/mol. The van der Waals surface area contributed by atoms with Crippen LogP contribution in [0.4, 0.5) is 5.69 Å². The molecule has 9 nitrogen and oxygen atoms in total. The molecule has 0 bridgehead atoms. The number of carbonyl (C=O) groups is 1. The topological polar surface area (TPSA) is 133 Å². The van der Waals surface area contributed by atoms with Crippen LogP contribution in [0.25, 0.3) is 11.4 Å². The molecule has 4 aromatic rings. The van der Waals surface area contributed by atoms with Gasteiger partial charge in [0.1, 0.15) is 0 Å². The number of nitrogens with one attached hydrogen (secondary N) is 1. The summed E-state index contributed by atoms with van der Waals surface area (Å²) < 4.78 is 24.7. The summed E-state index contributed by atoms with van der Waals surface area (Å²) >= 11 is 1.26. The Kier molecular flexibility index (Phi) is 6.82. The van der Waals surface area contributed by atoms with E-state index in [1.54, 1.807) is 12.4 Å². The summed E-state index contributed by atoms with van der Waals surface area (Å²) in [7, 11) is -3.78. The van der Waals surface area contributed by atoms with Gasteiger partial charge in [-0.3, -0.25) is 14.3 Å². The summed E-state index contributed by atoms with van der Waals surface area (Å²) in [6, 6.07) is 19.3. The van der Waals surface area contributed by atoms with E-state index in [1.807, 2.05) is 47.0 Å². The fraction of sp³-hybridized carbons (Fsp3) is 0.0909. The number of carbonyl (C=O) groups excluding carboxylic acids is 1. The minimum absolute atomic E-state index is 0.0208. The second kappa shape index (κ2) is 9.94. The Morgan fingerprint density at radius 2 is 1.67 bits per heavy atom. The molecule has 0 atom stereocenters. The molecule has 0 unspecified atom stereocenters. The van der Waals surface area contributed by atoms with Crippen LogP contribution in [-0.4, -0.2) is 39.8 Å². The summed E-state index contributed by atoms with van der Waals surface area (Å²) in [6.07, 6.45) is 3.39. The molecule has 2 aromatic carbocycles. The Bertz CT molecular complexity index is 1340. The van der Waals surface area contributed by atoms with Crippen molar-refractivity contribution in [2.45, 2.75) is 16.6 Å². The minimum atomic E-state index is -3.78. The van der Waals surface area contributed by atoms with Gasteiger partial charge in [0.05, 0.1) is 17.2 Å². The summed E-state index contributed by atoms with van der Waals surface area (Å²) in [4.78, 5) is 16.5. The maximum Gasteiger partial charge on any atom is 0.238 e. The molecule has 0 aliphatic heterocycles. The van der Waals surface area contributed by atoms with Gasteiger partial charge >= 0.3 is 0 Å². The molecule has 3 N–H and O–H groups in total. The number of aromatic nitrogens is 4. The Hall–Kier alpha value is -3.54. The van der Waals surface area contributed by atoms with Gasteiger partial charge in [0, 0.05) is 23.6 Å². The second-order valence-corrected chi connectivity index (χ2v) is 9.52. The van der Waals surface area contributed by atoms with Gasteiger partial charge in [0.2, 0.25) is 15.9 Å². The number of nitrogens with zero attached hydrogens (tertiary/aromatic N) is 4. The summed E-state index contributed by atoms with van der Waals surface area (Å²) in [5, 5.41) is 17.1. The van der Waals surface area contributed by atoms with E-state index in [0.29, 0.717) is 23.2 Å². The summed E-state index contributed by atoms with van der Waals surface area (Å²) in [6.45, 7) is 0.546. The number of thioether (sulfide) groups is 1. The van der Waals surface area contributed by atoms with Gasteiger partial charge in [-0.1, -0.05) is 42.1 Å². The lowest BCUT2D eigenvalue weighted by atomic mass is 10.2. The molecule has 0 aliphatic carbocycles. The molecule has 4 rings (SSSR count). The largest absolute Gasteiger partial charge is 0.325 e. The zero-order valence-corrected chi connectivity index (χ0v) is 19.0. The fourth-order valence-electron chi connectivity index (χ4n) is 3.07. The van der Waals surface area contributed by atoms with Crippen molar-refractivity contribution < 1.29 is 13.2 Å². The van der Waals surface area contributed by atoms with Crippen LogP contribution in [0.2, 0.25) is 0 Å². The smallest absolute Gasteiger partial charge is 0.238 e. The van der Waals surface area contributed by atoms with Crippen molar-refractivity contribution in [1.82, 2.24) is 19.7 Å². The van der Waals surface area contributed by atoms with E-state index in [4.69, 9.17) is 5.14 Å². The van der Waals surface area contributed by atoms with Crippen molar-refractivity contribution in [3.63, 3.8) is 0 Å². The van der Waals surface area contributed by atoms with Gasteiger partial charge < -0.3 is 5.32 Å². The fourth-order valence-corrected chi connectivity index (χ4v) is 4.33. The van der Waals surface area contributed by atoms with Gasteiger partial charge in [0.25, 0.3) is 0 Å². The molecule has 0 aliphatic rings. The maximum atomic E-state index is 12.5. The number of sulfonamides is 1. The average Bonchev–Trinajstić information content (AvgIpc) is 3.21. The van der Waals surface area contributed by atoms with Gasteiger partial charge in [0.15, 0.2) is 11.0 Å². The number of benzene rings is 2. The number of amides is 1. The van der Waals surface area contributed by atoms with Crippen LogP contribution < -0.4 is 10.5 Å². The third kappa shape index (κ3) is 5.83. The van der Waals surface area contributed by atoms with E-state index in [9.17, 15) is 13.2 Å². The zero-order valence-electron chi connectivity index (χ0n) is 17.3. The number of pyridine rings is 1. The highest BCUT2D eigenvalue weighted by molar-refractivity contribution is 7.99. The summed E-state index contributed by atoms with van der Waals surface area (Å²) in [5.74, 6) is 0.519. The molecule has 11 heteroatoms. The lowest BCUT2D eigenvalue weighted by molar-refractivity contribution is -0.113. The highest BCUT2D eigenvalue weighted by atomic mass is 32.2. The van der Waals surface area contributed by atoms with E-state index >= 15 is 0 Å². The Balaban J connectivity index is 1.49. The second-order valence-electron chi connectivity index (χ2n) is 7.02. The molecule has 168 valence electrons. The summed E-state index contributed by atoms with van der Waals surface area (Å²) in [5.41, 5.74) is 2.42. The number of rotatable bonds is 8. The van der Waals surface area contributed by atoms with Crippen LogP contribution in [0.3, 0.4) is 0 Å². The molecule has 1 amide bonds. The normalized spacial score (nSPS) is 11.3. The van der Waals surface area contributed by atoms with Crippen LogP contribution in [0.1, 0.15) is 5.56 Å². The van der Waals surface area contributed by atoms with Crippen LogP contribution >= 0.6 is 11.8 Å². The van der Waals surface area contributed by atoms with Crippen molar-refractivity contribution in [2.75, 3.05) is 11.1 Å². The van der Waals surface area contributed by atoms with Gasteiger partial charge in [-0.25, -0.2) is 13.6 Å². The monoisotopic (exact) mass is 480 g/mol. The number of hydrogen-bond acceptors (Lipinski definition) is 7. The first-order valence-corrected chi connectivity index (χ1v) is 12.4. The quantitative estimate of drug-likeness (QED) is 0.371. The van der Waals surface area contributed by atoms with Crippen molar-refractivity contribution >= 4 is 33.4 Å². The molecular weight excluding hydrogens is 460 g/mol.